The van der Waals surface area contributed by atoms with Gasteiger partial charge in [-0.15, -0.1) is 11.3 Å². The molecule has 0 saturated heterocycles. The number of halogens is 1. The third-order valence-electron chi connectivity index (χ3n) is 2.02. The van der Waals surface area contributed by atoms with Gasteiger partial charge >= 0.3 is 0 Å². The molecular weight excluding hydrogens is 250 g/mol. The molecule has 0 radical (unpaired) electrons. The van der Waals surface area contributed by atoms with Crippen molar-refractivity contribution in [1.29, 1.82) is 0 Å². The molecule has 0 spiro atoms. The van der Waals surface area contributed by atoms with Crippen LogP contribution in [-0.4, -0.2) is 11.1 Å². The molecule has 3 N–H and O–H groups in total. The lowest BCUT2D eigenvalue weighted by Gasteiger charge is -2.20. The van der Waals surface area contributed by atoms with Crippen LogP contribution in [0.4, 0.5) is 0 Å². The Morgan fingerprint density at radius 3 is 2.46 bits per heavy atom. The van der Waals surface area contributed by atoms with Gasteiger partial charge in [0.2, 0.25) is 0 Å². The summed E-state index contributed by atoms with van der Waals surface area (Å²) in [5.41, 5.74) is 5.84. The summed E-state index contributed by atoms with van der Waals surface area (Å²) in [6.45, 7) is 4.02. The molecule has 0 fully saturated rings. The lowest BCUT2D eigenvalue weighted by atomic mass is 9.99. The molecule has 1 aromatic rings. The van der Waals surface area contributed by atoms with Gasteiger partial charge in [-0.2, -0.15) is 0 Å². The van der Waals surface area contributed by atoms with Crippen LogP contribution in [0.25, 0.3) is 0 Å². The maximum Gasteiger partial charge on any atom is 0.103 e. The SMILES string of the molecule is CC(C)C(N)C(O)c1ccc(Br)s1. The summed E-state index contributed by atoms with van der Waals surface area (Å²) >= 11 is 4.88. The fourth-order valence-electron chi connectivity index (χ4n) is 1.04. The van der Waals surface area contributed by atoms with Crippen LogP contribution in [0.1, 0.15) is 24.8 Å². The van der Waals surface area contributed by atoms with E-state index in [4.69, 9.17) is 5.73 Å². The van der Waals surface area contributed by atoms with Crippen molar-refractivity contribution in [2.75, 3.05) is 0 Å². The first-order chi connectivity index (χ1) is 6.02. The highest BCUT2D eigenvalue weighted by Crippen LogP contribution is 2.29. The van der Waals surface area contributed by atoms with E-state index < -0.39 is 6.10 Å². The maximum absolute atomic E-state index is 9.84. The van der Waals surface area contributed by atoms with Crippen LogP contribution in [0.5, 0.6) is 0 Å². The predicted octanol–water partition coefficient (Wildman–Crippen LogP) is 2.53. The Hall–Kier alpha value is 0.1000. The molecular formula is C9H14BrNOS. The number of aliphatic hydroxyl groups is 1. The molecule has 74 valence electrons. The molecule has 2 unspecified atom stereocenters. The van der Waals surface area contributed by atoms with Gasteiger partial charge in [-0.25, -0.2) is 0 Å². The van der Waals surface area contributed by atoms with Crippen LogP contribution in [0.3, 0.4) is 0 Å². The summed E-state index contributed by atoms with van der Waals surface area (Å²) < 4.78 is 1.03. The Bertz CT molecular complexity index is 274. The Morgan fingerprint density at radius 2 is 2.08 bits per heavy atom. The summed E-state index contributed by atoms with van der Waals surface area (Å²) in [4.78, 5) is 0.924. The zero-order chi connectivity index (χ0) is 10.0. The minimum atomic E-state index is -0.545. The number of thiophene rings is 1. The normalized spacial score (nSPS) is 16.2. The first kappa shape index (κ1) is 11.2. The largest absolute Gasteiger partial charge is 0.386 e. The van der Waals surface area contributed by atoms with E-state index >= 15 is 0 Å². The summed E-state index contributed by atoms with van der Waals surface area (Å²) in [6, 6.07) is 3.64. The smallest absolute Gasteiger partial charge is 0.103 e. The van der Waals surface area contributed by atoms with Gasteiger partial charge in [-0.3, -0.25) is 0 Å². The first-order valence-corrected chi connectivity index (χ1v) is 5.82. The third-order valence-corrected chi connectivity index (χ3v) is 3.71. The van der Waals surface area contributed by atoms with Gasteiger partial charge in [0.25, 0.3) is 0 Å². The van der Waals surface area contributed by atoms with Crippen LogP contribution in [0, 0.1) is 5.92 Å². The van der Waals surface area contributed by atoms with Gasteiger partial charge in [0.15, 0.2) is 0 Å². The summed E-state index contributed by atoms with van der Waals surface area (Å²) in [7, 11) is 0. The fourth-order valence-corrected chi connectivity index (χ4v) is 2.51. The molecule has 0 bridgehead atoms. The van der Waals surface area contributed by atoms with Crippen molar-refractivity contribution in [1.82, 2.24) is 0 Å². The van der Waals surface area contributed by atoms with E-state index in [1.165, 1.54) is 11.3 Å². The van der Waals surface area contributed by atoms with E-state index in [0.717, 1.165) is 8.66 Å². The molecule has 1 heterocycles. The molecule has 0 amide bonds. The van der Waals surface area contributed by atoms with Gasteiger partial charge in [0.1, 0.15) is 6.10 Å². The van der Waals surface area contributed by atoms with Crippen molar-refractivity contribution in [2.45, 2.75) is 26.0 Å². The van der Waals surface area contributed by atoms with Crippen LogP contribution < -0.4 is 5.73 Å². The number of aliphatic hydroxyl groups excluding tert-OH is 1. The second-order valence-corrected chi connectivity index (χ2v) is 5.90. The third kappa shape index (κ3) is 2.77. The van der Waals surface area contributed by atoms with Gasteiger partial charge < -0.3 is 10.8 Å². The maximum atomic E-state index is 9.84. The van der Waals surface area contributed by atoms with Gasteiger partial charge in [-0.1, -0.05) is 13.8 Å². The van der Waals surface area contributed by atoms with E-state index in [2.05, 4.69) is 15.9 Å². The monoisotopic (exact) mass is 263 g/mol. The van der Waals surface area contributed by atoms with Crippen LogP contribution in [0.2, 0.25) is 0 Å². The summed E-state index contributed by atoms with van der Waals surface area (Å²) in [5, 5.41) is 9.84. The lowest BCUT2D eigenvalue weighted by Crippen LogP contribution is -2.33. The number of rotatable bonds is 3. The second-order valence-electron chi connectivity index (χ2n) is 3.41. The van der Waals surface area contributed by atoms with Crippen LogP contribution >= 0.6 is 27.3 Å². The molecule has 1 aromatic heterocycles. The highest BCUT2D eigenvalue weighted by atomic mass is 79.9. The molecule has 0 aliphatic rings. The Balaban J connectivity index is 2.73. The minimum Gasteiger partial charge on any atom is -0.386 e. The highest BCUT2D eigenvalue weighted by Gasteiger charge is 2.21. The summed E-state index contributed by atoms with van der Waals surface area (Å²) in [5.74, 6) is 0.288. The van der Waals surface area contributed by atoms with E-state index in [-0.39, 0.29) is 12.0 Å². The topological polar surface area (TPSA) is 46.2 Å². The predicted molar refractivity (Wildman–Crippen MR) is 59.8 cm³/mol. The summed E-state index contributed by atoms with van der Waals surface area (Å²) in [6.07, 6.45) is -0.545. The zero-order valence-corrected chi connectivity index (χ0v) is 10.1. The van der Waals surface area contributed by atoms with E-state index in [9.17, 15) is 5.11 Å². The van der Waals surface area contributed by atoms with Crippen molar-refractivity contribution in [3.8, 4) is 0 Å². The highest BCUT2D eigenvalue weighted by molar-refractivity contribution is 9.11. The van der Waals surface area contributed by atoms with Crippen molar-refractivity contribution >= 4 is 27.3 Å². The second kappa shape index (κ2) is 4.55. The molecule has 0 aliphatic heterocycles. The van der Waals surface area contributed by atoms with E-state index in [1.54, 1.807) is 0 Å². The number of nitrogens with two attached hydrogens (primary N) is 1. The lowest BCUT2D eigenvalue weighted by molar-refractivity contribution is 0.129. The van der Waals surface area contributed by atoms with E-state index in [0.29, 0.717) is 0 Å². The molecule has 2 atom stereocenters. The number of hydrogen-bond donors (Lipinski definition) is 2. The average Bonchev–Trinajstić information content (AvgIpc) is 2.49. The van der Waals surface area contributed by atoms with Gasteiger partial charge in [0.05, 0.1) is 3.79 Å². The molecule has 1 rings (SSSR count). The number of hydrogen-bond acceptors (Lipinski definition) is 3. The molecule has 0 aromatic carbocycles. The fraction of sp³-hybridized carbons (Fsp3) is 0.556. The quantitative estimate of drug-likeness (QED) is 0.881. The molecule has 0 aliphatic carbocycles. The zero-order valence-electron chi connectivity index (χ0n) is 7.70. The van der Waals surface area contributed by atoms with Crippen LogP contribution in [0.15, 0.2) is 15.9 Å². The van der Waals surface area contributed by atoms with E-state index in [1.807, 2.05) is 26.0 Å². The molecule has 4 heteroatoms. The average molecular weight is 264 g/mol. The van der Waals surface area contributed by atoms with Gasteiger partial charge in [-0.05, 0) is 34.0 Å². The van der Waals surface area contributed by atoms with Gasteiger partial charge in [0, 0.05) is 10.9 Å². The van der Waals surface area contributed by atoms with Crippen molar-refractivity contribution < 1.29 is 5.11 Å². The van der Waals surface area contributed by atoms with Crippen molar-refractivity contribution in [2.24, 2.45) is 11.7 Å². The Labute approximate surface area is 90.9 Å². The van der Waals surface area contributed by atoms with Crippen molar-refractivity contribution in [3.05, 3.63) is 20.8 Å². The molecule has 2 nitrogen and oxygen atoms in total. The van der Waals surface area contributed by atoms with Crippen molar-refractivity contribution in [3.63, 3.8) is 0 Å². The minimum absolute atomic E-state index is 0.189. The standard InChI is InChI=1S/C9H14BrNOS/c1-5(2)8(11)9(12)6-3-4-7(10)13-6/h3-5,8-9,12H,11H2,1-2H3. The first-order valence-electron chi connectivity index (χ1n) is 4.21. The molecule has 13 heavy (non-hydrogen) atoms. The Morgan fingerprint density at radius 1 is 1.46 bits per heavy atom. The molecule has 0 saturated carbocycles. The van der Waals surface area contributed by atoms with Crippen LogP contribution in [-0.2, 0) is 0 Å². The Kier molecular flexibility index (Phi) is 3.91.